The van der Waals surface area contributed by atoms with E-state index in [4.69, 9.17) is 9.47 Å². The molecule has 0 aliphatic heterocycles. The fraction of sp³-hybridized carbons (Fsp3) is 0.950. The van der Waals surface area contributed by atoms with Crippen LogP contribution >= 0.6 is 0 Å². The summed E-state index contributed by atoms with van der Waals surface area (Å²) in [6.07, 6.45) is 28.9. The van der Waals surface area contributed by atoms with Crippen LogP contribution in [0.1, 0.15) is 188 Å². The Morgan fingerprint density at radius 2 is 0.826 bits per heavy atom. The zero-order valence-corrected chi connectivity index (χ0v) is 31.8. The van der Waals surface area contributed by atoms with Crippen LogP contribution in [0, 0.1) is 11.8 Å². The van der Waals surface area contributed by atoms with Crippen molar-refractivity contribution >= 4 is 11.9 Å². The Morgan fingerprint density at radius 3 is 1.17 bits per heavy atom. The van der Waals surface area contributed by atoms with Crippen LogP contribution in [0.3, 0.4) is 0 Å². The maximum atomic E-state index is 13.4. The van der Waals surface area contributed by atoms with E-state index in [0.29, 0.717) is 0 Å². The molecule has 6 nitrogen and oxygen atoms in total. The summed E-state index contributed by atoms with van der Waals surface area (Å²) in [6.45, 7) is 11.2. The highest BCUT2D eigenvalue weighted by molar-refractivity contribution is 5.73. The summed E-state index contributed by atoms with van der Waals surface area (Å²) < 4.78 is 12.0. The largest absolute Gasteiger partial charge is 0.464 e. The monoisotopic (exact) mass is 653 g/mol. The lowest BCUT2D eigenvalue weighted by atomic mass is 9.94. The molecule has 0 spiro atoms. The van der Waals surface area contributed by atoms with E-state index in [9.17, 15) is 9.59 Å². The van der Waals surface area contributed by atoms with E-state index < -0.39 is 0 Å². The van der Waals surface area contributed by atoms with Crippen molar-refractivity contribution in [3.8, 4) is 0 Å². The van der Waals surface area contributed by atoms with E-state index in [1.807, 2.05) is 0 Å². The van der Waals surface area contributed by atoms with Crippen molar-refractivity contribution in [3.05, 3.63) is 0 Å². The molecule has 0 fully saturated rings. The molecular formula is C40H80N2O4. The number of esters is 2. The molecule has 0 saturated carbocycles. The number of rotatable bonds is 35. The average molecular weight is 653 g/mol. The van der Waals surface area contributed by atoms with E-state index in [0.717, 1.165) is 70.9 Å². The molecule has 0 heterocycles. The fourth-order valence-corrected chi connectivity index (χ4v) is 6.21. The summed E-state index contributed by atoms with van der Waals surface area (Å²) in [6, 6.07) is -0.181. The molecule has 0 bridgehead atoms. The van der Waals surface area contributed by atoms with Crippen LogP contribution in [0.15, 0.2) is 0 Å². The van der Waals surface area contributed by atoms with Gasteiger partial charge in [0, 0.05) is 0 Å². The van der Waals surface area contributed by atoms with Crippen molar-refractivity contribution in [1.29, 1.82) is 0 Å². The highest BCUT2D eigenvalue weighted by Gasteiger charge is 2.24. The van der Waals surface area contributed by atoms with E-state index in [1.54, 1.807) is 0 Å². The molecular weight excluding hydrogens is 572 g/mol. The third kappa shape index (κ3) is 27.9. The van der Waals surface area contributed by atoms with Crippen molar-refractivity contribution in [1.82, 2.24) is 10.2 Å². The Labute approximate surface area is 287 Å². The molecule has 0 aromatic heterocycles. The van der Waals surface area contributed by atoms with E-state index >= 15 is 0 Å². The SMILES string of the molecule is CCCCCCCCC(CCCCCC)C(=O)OCC(COC(=O)C(CCCCCC)CCCCCCCC)NCCCN(C)C. The van der Waals surface area contributed by atoms with Gasteiger partial charge in [0.15, 0.2) is 0 Å². The highest BCUT2D eigenvalue weighted by atomic mass is 16.5. The number of hydrogen-bond donors (Lipinski definition) is 1. The first-order chi connectivity index (χ1) is 22.4. The number of carbonyl (C=O) groups excluding carboxylic acids is 2. The first-order valence-electron chi connectivity index (χ1n) is 20.1. The van der Waals surface area contributed by atoms with Crippen molar-refractivity contribution in [3.63, 3.8) is 0 Å². The van der Waals surface area contributed by atoms with Crippen LogP contribution in [0.2, 0.25) is 0 Å². The highest BCUT2D eigenvalue weighted by Crippen LogP contribution is 2.22. The van der Waals surface area contributed by atoms with E-state index in [-0.39, 0.29) is 43.0 Å². The molecule has 1 N–H and O–H groups in total. The van der Waals surface area contributed by atoms with Crippen LogP contribution in [0.5, 0.6) is 0 Å². The van der Waals surface area contributed by atoms with Gasteiger partial charge in [-0.25, -0.2) is 0 Å². The maximum Gasteiger partial charge on any atom is 0.308 e. The van der Waals surface area contributed by atoms with Crippen LogP contribution in [-0.2, 0) is 19.1 Å². The normalized spacial score (nSPS) is 13.5. The van der Waals surface area contributed by atoms with Gasteiger partial charge in [-0.05, 0) is 59.3 Å². The Morgan fingerprint density at radius 1 is 0.500 bits per heavy atom. The molecule has 2 atom stereocenters. The molecule has 2 unspecified atom stereocenters. The Kier molecular flexibility index (Phi) is 32.9. The molecule has 0 radical (unpaired) electrons. The second-order valence-corrected chi connectivity index (χ2v) is 14.3. The lowest BCUT2D eigenvalue weighted by Crippen LogP contribution is -2.41. The molecule has 274 valence electrons. The van der Waals surface area contributed by atoms with Gasteiger partial charge in [0.2, 0.25) is 0 Å². The standard InChI is InChI=1S/C40H80N2O4/c1-7-11-15-19-21-25-30-36(28-23-17-13-9-3)39(43)45-34-38(41-32-27-33-42(5)6)35-46-40(44)37(29-24-18-14-10-4)31-26-22-20-16-12-8-2/h36-38,41H,7-35H2,1-6H3. The average Bonchev–Trinajstić information content (AvgIpc) is 3.04. The van der Waals surface area contributed by atoms with Crippen molar-refractivity contribution in [2.45, 2.75) is 194 Å². The van der Waals surface area contributed by atoms with E-state index in [1.165, 1.54) is 103 Å². The number of carbonyl (C=O) groups is 2. The van der Waals surface area contributed by atoms with Crippen LogP contribution in [-0.4, -0.2) is 63.3 Å². The lowest BCUT2D eigenvalue weighted by molar-refractivity contribution is -0.153. The summed E-state index contributed by atoms with van der Waals surface area (Å²) in [5.41, 5.74) is 0. The van der Waals surface area contributed by atoms with Gasteiger partial charge in [-0.15, -0.1) is 0 Å². The molecule has 0 aliphatic rings. The second kappa shape index (κ2) is 33.7. The predicted octanol–water partition coefficient (Wildman–Crippen LogP) is 10.7. The quantitative estimate of drug-likeness (QED) is 0.0543. The zero-order chi connectivity index (χ0) is 34.1. The van der Waals surface area contributed by atoms with E-state index in [2.05, 4.69) is 52.0 Å². The summed E-state index contributed by atoms with van der Waals surface area (Å²) >= 11 is 0. The van der Waals surface area contributed by atoms with Gasteiger partial charge in [0.25, 0.3) is 0 Å². The summed E-state index contributed by atoms with van der Waals surface area (Å²) in [5, 5.41) is 3.55. The minimum atomic E-state index is -0.181. The Balaban J connectivity index is 5.17. The molecule has 46 heavy (non-hydrogen) atoms. The minimum absolute atomic E-state index is 0.0233. The Bertz CT molecular complexity index is 624. The van der Waals surface area contributed by atoms with Gasteiger partial charge >= 0.3 is 11.9 Å². The molecule has 0 aromatic carbocycles. The third-order valence-electron chi connectivity index (χ3n) is 9.36. The summed E-state index contributed by atoms with van der Waals surface area (Å²) in [5.74, 6) is -0.170. The third-order valence-corrected chi connectivity index (χ3v) is 9.36. The summed E-state index contributed by atoms with van der Waals surface area (Å²) in [4.78, 5) is 28.9. The Hall–Kier alpha value is -1.14. The molecule has 0 amide bonds. The van der Waals surface area contributed by atoms with Gasteiger partial charge in [-0.2, -0.15) is 0 Å². The number of ether oxygens (including phenoxy) is 2. The van der Waals surface area contributed by atoms with Crippen LogP contribution < -0.4 is 5.32 Å². The number of nitrogens with zero attached hydrogens (tertiary/aromatic N) is 1. The lowest BCUT2D eigenvalue weighted by Gasteiger charge is -2.23. The zero-order valence-electron chi connectivity index (χ0n) is 31.8. The molecule has 6 heteroatoms. The molecule has 0 aromatic rings. The van der Waals surface area contributed by atoms with Crippen molar-refractivity contribution in [2.24, 2.45) is 11.8 Å². The smallest absolute Gasteiger partial charge is 0.308 e. The van der Waals surface area contributed by atoms with Gasteiger partial charge in [0.05, 0.1) is 17.9 Å². The van der Waals surface area contributed by atoms with Gasteiger partial charge in [-0.3, -0.25) is 9.59 Å². The first kappa shape index (κ1) is 44.9. The van der Waals surface area contributed by atoms with Crippen LogP contribution in [0.4, 0.5) is 0 Å². The van der Waals surface area contributed by atoms with Crippen molar-refractivity contribution < 1.29 is 19.1 Å². The van der Waals surface area contributed by atoms with Gasteiger partial charge < -0.3 is 19.7 Å². The number of unbranched alkanes of at least 4 members (excludes halogenated alkanes) is 16. The number of hydrogen-bond acceptors (Lipinski definition) is 6. The summed E-state index contributed by atoms with van der Waals surface area (Å²) in [7, 11) is 4.16. The number of nitrogens with one attached hydrogen (secondary N) is 1. The van der Waals surface area contributed by atoms with Crippen LogP contribution in [0.25, 0.3) is 0 Å². The topological polar surface area (TPSA) is 67.9 Å². The molecule has 0 saturated heterocycles. The first-order valence-corrected chi connectivity index (χ1v) is 20.1. The minimum Gasteiger partial charge on any atom is -0.464 e. The van der Waals surface area contributed by atoms with Crippen molar-refractivity contribution in [2.75, 3.05) is 40.4 Å². The fourth-order valence-electron chi connectivity index (χ4n) is 6.21. The second-order valence-electron chi connectivity index (χ2n) is 14.3. The molecule has 0 aliphatic carbocycles. The van der Waals surface area contributed by atoms with Gasteiger partial charge in [0.1, 0.15) is 13.2 Å². The predicted molar refractivity (Wildman–Crippen MR) is 197 cm³/mol. The molecule has 0 rings (SSSR count). The maximum absolute atomic E-state index is 13.4. The van der Waals surface area contributed by atoms with Gasteiger partial charge in [-0.1, -0.05) is 156 Å².